The molecule has 0 aliphatic carbocycles. The van der Waals surface area contributed by atoms with Crippen molar-refractivity contribution in [2.24, 2.45) is 0 Å². The number of halogens is 1. The molecular weight excluding hydrogens is 324 g/mol. The molecule has 1 atom stereocenters. The maximum atomic E-state index is 13.3. The van der Waals surface area contributed by atoms with Gasteiger partial charge < -0.3 is 9.64 Å². The van der Waals surface area contributed by atoms with Crippen LogP contribution in [0.25, 0.3) is 0 Å². The molecule has 0 aromatic heterocycles. The fraction of sp³-hybridized carbons (Fsp3) is 0.632. The second-order valence-electron chi connectivity index (χ2n) is 7.28. The van der Waals surface area contributed by atoms with E-state index in [9.17, 15) is 4.79 Å². The standard InChI is InChI=1S/C19H25ClN2O2/c20-16-4-2-15(3-5-16)14-21-10-1-8-19(21)9-11-22(18(19)23)17-6-12-24-13-7-17/h2-5,17H,1,6-14H2. The molecule has 0 radical (unpaired) electrons. The summed E-state index contributed by atoms with van der Waals surface area (Å²) in [7, 11) is 0. The van der Waals surface area contributed by atoms with Gasteiger partial charge in [0.15, 0.2) is 0 Å². The Morgan fingerprint density at radius 1 is 1.12 bits per heavy atom. The van der Waals surface area contributed by atoms with E-state index in [0.717, 1.165) is 70.0 Å². The number of benzene rings is 1. The first-order valence-electron chi connectivity index (χ1n) is 9.07. The largest absolute Gasteiger partial charge is 0.381 e. The maximum Gasteiger partial charge on any atom is 0.243 e. The summed E-state index contributed by atoms with van der Waals surface area (Å²) in [5.74, 6) is 0.362. The predicted molar refractivity (Wildman–Crippen MR) is 94.0 cm³/mol. The molecule has 1 aromatic rings. The first-order chi connectivity index (χ1) is 11.7. The number of rotatable bonds is 3. The second kappa shape index (κ2) is 6.66. The Hall–Kier alpha value is -1.10. The highest BCUT2D eigenvalue weighted by Crippen LogP contribution is 2.41. The summed E-state index contributed by atoms with van der Waals surface area (Å²) in [6, 6.07) is 8.40. The summed E-state index contributed by atoms with van der Waals surface area (Å²) in [5.41, 5.74) is 0.968. The van der Waals surface area contributed by atoms with E-state index < -0.39 is 0 Å². The smallest absolute Gasteiger partial charge is 0.243 e. The van der Waals surface area contributed by atoms with E-state index in [1.807, 2.05) is 12.1 Å². The van der Waals surface area contributed by atoms with Gasteiger partial charge in [-0.05, 0) is 56.3 Å². The molecule has 1 amide bonds. The quantitative estimate of drug-likeness (QED) is 0.841. The molecule has 4 rings (SSSR count). The van der Waals surface area contributed by atoms with Gasteiger partial charge in [0.25, 0.3) is 0 Å². The Bertz CT molecular complexity index is 600. The van der Waals surface area contributed by atoms with Crippen molar-refractivity contribution in [1.82, 2.24) is 9.80 Å². The first-order valence-corrected chi connectivity index (χ1v) is 9.45. The van der Waals surface area contributed by atoms with Crippen LogP contribution >= 0.6 is 11.6 Å². The molecule has 130 valence electrons. The lowest BCUT2D eigenvalue weighted by Gasteiger charge is -2.36. The van der Waals surface area contributed by atoms with E-state index in [0.29, 0.717) is 11.9 Å². The topological polar surface area (TPSA) is 32.8 Å². The number of nitrogens with zero attached hydrogens (tertiary/aromatic N) is 2. The SMILES string of the molecule is O=C1N(C2CCOCC2)CCC12CCCN2Cc1ccc(Cl)cc1. The van der Waals surface area contributed by atoms with E-state index in [2.05, 4.69) is 21.9 Å². The Morgan fingerprint density at radius 2 is 1.88 bits per heavy atom. The van der Waals surface area contributed by atoms with Gasteiger partial charge in [0.05, 0.1) is 0 Å². The van der Waals surface area contributed by atoms with Gasteiger partial charge in [0.2, 0.25) is 5.91 Å². The molecule has 3 heterocycles. The van der Waals surface area contributed by atoms with Crippen molar-refractivity contribution >= 4 is 17.5 Å². The molecule has 3 aliphatic rings. The van der Waals surface area contributed by atoms with Crippen LogP contribution in [0, 0.1) is 0 Å². The lowest BCUT2D eigenvalue weighted by Crippen LogP contribution is -2.52. The number of carbonyl (C=O) groups excluding carboxylic acids is 1. The van der Waals surface area contributed by atoms with Crippen LogP contribution in [-0.2, 0) is 16.1 Å². The Balaban J connectivity index is 1.50. The third-order valence-electron chi connectivity index (χ3n) is 5.97. The normalized spacial score (nSPS) is 29.0. The zero-order chi connectivity index (χ0) is 16.6. The molecule has 0 N–H and O–H groups in total. The average molecular weight is 349 g/mol. The molecule has 5 heteroatoms. The third-order valence-corrected chi connectivity index (χ3v) is 6.22. The highest BCUT2D eigenvalue weighted by atomic mass is 35.5. The fourth-order valence-electron chi connectivity index (χ4n) is 4.63. The summed E-state index contributed by atoms with van der Waals surface area (Å²) in [5, 5.41) is 0.762. The molecule has 4 nitrogen and oxygen atoms in total. The summed E-state index contributed by atoms with van der Waals surface area (Å²) in [6.07, 6.45) is 5.05. The number of carbonyl (C=O) groups is 1. The minimum atomic E-state index is -0.266. The van der Waals surface area contributed by atoms with Gasteiger partial charge in [-0.15, -0.1) is 0 Å². The van der Waals surface area contributed by atoms with Gasteiger partial charge in [-0.1, -0.05) is 23.7 Å². The highest BCUT2D eigenvalue weighted by molar-refractivity contribution is 6.30. The van der Waals surface area contributed by atoms with Gasteiger partial charge in [-0.25, -0.2) is 0 Å². The molecule has 1 aromatic carbocycles. The molecule has 3 aliphatic heterocycles. The van der Waals surface area contributed by atoms with Crippen LogP contribution in [0.3, 0.4) is 0 Å². The monoisotopic (exact) mass is 348 g/mol. The van der Waals surface area contributed by atoms with Crippen LogP contribution in [0.15, 0.2) is 24.3 Å². The van der Waals surface area contributed by atoms with E-state index in [-0.39, 0.29) is 5.54 Å². The van der Waals surface area contributed by atoms with Gasteiger partial charge in [-0.2, -0.15) is 0 Å². The Morgan fingerprint density at radius 3 is 2.62 bits per heavy atom. The van der Waals surface area contributed by atoms with Crippen molar-refractivity contribution in [3.63, 3.8) is 0 Å². The van der Waals surface area contributed by atoms with Gasteiger partial charge in [0, 0.05) is 37.4 Å². The predicted octanol–water partition coefficient (Wildman–Crippen LogP) is 3.09. The van der Waals surface area contributed by atoms with Crippen molar-refractivity contribution in [3.05, 3.63) is 34.9 Å². The summed E-state index contributed by atoms with van der Waals surface area (Å²) >= 11 is 5.99. The van der Waals surface area contributed by atoms with Gasteiger partial charge in [0.1, 0.15) is 5.54 Å². The Kier molecular flexibility index (Phi) is 4.54. The van der Waals surface area contributed by atoms with Gasteiger partial charge >= 0.3 is 0 Å². The van der Waals surface area contributed by atoms with Crippen LogP contribution in [0.5, 0.6) is 0 Å². The molecule has 0 saturated carbocycles. The summed E-state index contributed by atoms with van der Waals surface area (Å²) in [4.78, 5) is 17.9. The van der Waals surface area contributed by atoms with Crippen molar-refractivity contribution in [3.8, 4) is 0 Å². The van der Waals surface area contributed by atoms with E-state index >= 15 is 0 Å². The highest BCUT2D eigenvalue weighted by Gasteiger charge is 2.54. The zero-order valence-electron chi connectivity index (χ0n) is 14.0. The summed E-state index contributed by atoms with van der Waals surface area (Å²) in [6.45, 7) is 4.33. The van der Waals surface area contributed by atoms with E-state index in [4.69, 9.17) is 16.3 Å². The molecular formula is C19H25ClN2O2. The average Bonchev–Trinajstić information content (AvgIpc) is 3.16. The molecule has 1 unspecified atom stereocenters. The minimum Gasteiger partial charge on any atom is -0.381 e. The van der Waals surface area contributed by atoms with Crippen LogP contribution in [0.2, 0.25) is 5.02 Å². The maximum absolute atomic E-state index is 13.3. The lowest BCUT2D eigenvalue weighted by atomic mass is 9.93. The molecule has 24 heavy (non-hydrogen) atoms. The second-order valence-corrected chi connectivity index (χ2v) is 7.71. The fourth-order valence-corrected chi connectivity index (χ4v) is 4.75. The summed E-state index contributed by atoms with van der Waals surface area (Å²) < 4.78 is 5.46. The Labute approximate surface area is 148 Å². The van der Waals surface area contributed by atoms with E-state index in [1.165, 1.54) is 5.56 Å². The van der Waals surface area contributed by atoms with Crippen molar-refractivity contribution in [2.75, 3.05) is 26.3 Å². The van der Waals surface area contributed by atoms with Gasteiger partial charge in [-0.3, -0.25) is 9.69 Å². The number of likely N-dealkylation sites (tertiary alicyclic amines) is 2. The minimum absolute atomic E-state index is 0.266. The zero-order valence-corrected chi connectivity index (χ0v) is 14.8. The van der Waals surface area contributed by atoms with Crippen molar-refractivity contribution < 1.29 is 9.53 Å². The molecule has 3 fully saturated rings. The molecule has 1 spiro atoms. The number of hydrogen-bond donors (Lipinski definition) is 0. The molecule has 0 bridgehead atoms. The van der Waals surface area contributed by atoms with Crippen LogP contribution in [-0.4, -0.2) is 53.6 Å². The van der Waals surface area contributed by atoms with Crippen LogP contribution in [0.1, 0.15) is 37.7 Å². The third kappa shape index (κ3) is 2.85. The van der Waals surface area contributed by atoms with Crippen LogP contribution < -0.4 is 0 Å². The number of ether oxygens (including phenoxy) is 1. The first kappa shape index (κ1) is 16.4. The van der Waals surface area contributed by atoms with E-state index in [1.54, 1.807) is 0 Å². The lowest BCUT2D eigenvalue weighted by molar-refractivity contribution is -0.140. The van der Waals surface area contributed by atoms with Crippen molar-refractivity contribution in [2.45, 2.75) is 50.2 Å². The van der Waals surface area contributed by atoms with Crippen molar-refractivity contribution in [1.29, 1.82) is 0 Å². The van der Waals surface area contributed by atoms with Crippen LogP contribution in [0.4, 0.5) is 0 Å². The number of hydrogen-bond acceptors (Lipinski definition) is 3. The number of amides is 1. The molecule has 3 saturated heterocycles.